The van der Waals surface area contributed by atoms with Crippen LogP contribution in [0.5, 0.6) is 0 Å². The molecule has 4 rings (SSSR count). The Morgan fingerprint density at radius 3 is 2.88 bits per heavy atom. The molecule has 1 fully saturated rings. The maximum absolute atomic E-state index is 14.0. The number of nitrogens with one attached hydrogen (secondary N) is 2. The van der Waals surface area contributed by atoms with Crippen LogP contribution in [0, 0.1) is 5.82 Å². The lowest BCUT2D eigenvalue weighted by molar-refractivity contribution is 0.239. The second-order valence-corrected chi connectivity index (χ2v) is 6.91. The quantitative estimate of drug-likeness (QED) is 0.842. The highest BCUT2D eigenvalue weighted by Crippen LogP contribution is 2.48. The van der Waals surface area contributed by atoms with Gasteiger partial charge in [-0.05, 0) is 30.9 Å². The molecule has 0 bridgehead atoms. The number of rotatable bonds is 6. The average Bonchev–Trinajstić information content (AvgIpc) is 3.07. The molecule has 2 heterocycles. The summed E-state index contributed by atoms with van der Waals surface area (Å²) < 4.78 is 16.1. The Kier molecular flexibility index (Phi) is 4.15. The van der Waals surface area contributed by atoms with Gasteiger partial charge in [-0.1, -0.05) is 18.2 Å². The molecular formula is C18H22FN5O. The predicted molar refractivity (Wildman–Crippen MR) is 90.8 cm³/mol. The summed E-state index contributed by atoms with van der Waals surface area (Å²) in [6.07, 6.45) is 4.57. The molecule has 2 amide bonds. The van der Waals surface area contributed by atoms with Crippen molar-refractivity contribution in [1.82, 2.24) is 25.4 Å². The van der Waals surface area contributed by atoms with Crippen molar-refractivity contribution in [3.63, 3.8) is 0 Å². The maximum atomic E-state index is 14.0. The highest BCUT2D eigenvalue weighted by atomic mass is 19.1. The first-order chi connectivity index (χ1) is 12.2. The van der Waals surface area contributed by atoms with Crippen LogP contribution < -0.4 is 10.6 Å². The highest BCUT2D eigenvalue weighted by Gasteiger charge is 2.45. The summed E-state index contributed by atoms with van der Waals surface area (Å²) in [5.74, 6) is 1.78. The fraction of sp³-hybridized carbons (Fsp3) is 0.500. The van der Waals surface area contributed by atoms with Crippen LogP contribution in [0.15, 0.2) is 24.3 Å². The number of hydrogen-bond donors (Lipinski definition) is 2. The monoisotopic (exact) mass is 343 g/mol. The molecule has 1 aromatic heterocycles. The van der Waals surface area contributed by atoms with Crippen LogP contribution in [-0.2, 0) is 24.8 Å². The summed E-state index contributed by atoms with van der Waals surface area (Å²) in [6.45, 7) is 1.94. The van der Waals surface area contributed by atoms with Crippen LogP contribution in [0.4, 0.5) is 9.18 Å². The number of urea groups is 1. The number of hydrogen-bond acceptors (Lipinski definition) is 3. The fourth-order valence-corrected chi connectivity index (χ4v) is 3.58. The van der Waals surface area contributed by atoms with Gasteiger partial charge in [-0.3, -0.25) is 0 Å². The molecule has 0 unspecified atom stereocenters. The number of fused-ring (bicyclic) bond motifs is 1. The Balaban J connectivity index is 1.25. The van der Waals surface area contributed by atoms with Crippen LogP contribution in [-0.4, -0.2) is 33.9 Å². The van der Waals surface area contributed by atoms with E-state index < -0.39 is 0 Å². The molecule has 1 aromatic carbocycles. The lowest BCUT2D eigenvalue weighted by Crippen LogP contribution is -2.40. The molecule has 2 N–H and O–H groups in total. The largest absolute Gasteiger partial charge is 0.338 e. The van der Waals surface area contributed by atoms with E-state index in [9.17, 15) is 9.18 Å². The first-order valence-electron chi connectivity index (χ1n) is 8.86. The van der Waals surface area contributed by atoms with Crippen LogP contribution in [0.1, 0.15) is 36.5 Å². The smallest absolute Gasteiger partial charge is 0.314 e. The number of aromatic nitrogens is 3. The van der Waals surface area contributed by atoms with Gasteiger partial charge < -0.3 is 15.2 Å². The van der Waals surface area contributed by atoms with Gasteiger partial charge in [0.25, 0.3) is 0 Å². The third-order valence-corrected chi connectivity index (χ3v) is 5.21. The van der Waals surface area contributed by atoms with E-state index in [0.29, 0.717) is 25.1 Å². The molecule has 2 aliphatic rings. The average molecular weight is 343 g/mol. The first-order valence-corrected chi connectivity index (χ1v) is 8.86. The van der Waals surface area contributed by atoms with Gasteiger partial charge in [0.05, 0.1) is 0 Å². The zero-order valence-corrected chi connectivity index (χ0v) is 14.1. The van der Waals surface area contributed by atoms with Crippen molar-refractivity contribution in [2.45, 2.75) is 44.1 Å². The van der Waals surface area contributed by atoms with Gasteiger partial charge >= 0.3 is 6.03 Å². The molecular weight excluding hydrogens is 321 g/mol. The van der Waals surface area contributed by atoms with Gasteiger partial charge in [-0.25, -0.2) is 9.18 Å². The predicted octanol–water partition coefficient (Wildman–Crippen LogP) is 1.94. The SMILES string of the molecule is O=C(NCCc1nnc2n1CCC2)NCC1(c2ccccc2F)CC1. The molecule has 0 spiro atoms. The number of carbonyl (C=O) groups excluding carboxylic acids is 1. The number of amides is 2. The summed E-state index contributed by atoms with van der Waals surface area (Å²) >= 11 is 0. The molecule has 1 aliphatic heterocycles. The Labute approximate surface area is 145 Å². The number of nitrogens with zero attached hydrogens (tertiary/aromatic N) is 3. The summed E-state index contributed by atoms with van der Waals surface area (Å²) in [6, 6.07) is 6.61. The Hall–Kier alpha value is -2.44. The molecule has 25 heavy (non-hydrogen) atoms. The number of halogens is 1. The molecule has 0 radical (unpaired) electrons. The van der Waals surface area contributed by atoms with Crippen LogP contribution in [0.25, 0.3) is 0 Å². The lowest BCUT2D eigenvalue weighted by Gasteiger charge is -2.17. The molecule has 1 aliphatic carbocycles. The van der Waals surface area contributed by atoms with Crippen molar-refractivity contribution >= 4 is 6.03 Å². The maximum Gasteiger partial charge on any atom is 0.314 e. The fourth-order valence-electron chi connectivity index (χ4n) is 3.58. The molecule has 0 atom stereocenters. The molecule has 132 valence electrons. The van der Waals surface area contributed by atoms with E-state index in [-0.39, 0.29) is 17.3 Å². The Morgan fingerprint density at radius 2 is 2.08 bits per heavy atom. The Bertz CT molecular complexity index is 784. The molecule has 1 saturated carbocycles. The van der Waals surface area contributed by atoms with Gasteiger partial charge in [-0.2, -0.15) is 0 Å². The topological polar surface area (TPSA) is 71.8 Å². The number of benzene rings is 1. The minimum absolute atomic E-state index is 0.192. The zero-order chi connectivity index (χ0) is 17.3. The van der Waals surface area contributed by atoms with Gasteiger partial charge in [0.2, 0.25) is 0 Å². The number of carbonyl (C=O) groups is 1. The standard InChI is InChI=1S/C18H22FN5O/c19-14-5-2-1-4-13(14)18(8-9-18)12-21-17(25)20-10-7-16-23-22-15-6-3-11-24(15)16/h1-2,4-5H,3,6-12H2,(H2,20,21,25). The van der Waals surface area contributed by atoms with E-state index in [2.05, 4.69) is 25.4 Å². The van der Waals surface area contributed by atoms with Gasteiger partial charge in [0, 0.05) is 37.9 Å². The number of aryl methyl sites for hydroxylation is 1. The van der Waals surface area contributed by atoms with E-state index in [1.807, 2.05) is 12.1 Å². The summed E-state index contributed by atoms with van der Waals surface area (Å²) in [7, 11) is 0. The van der Waals surface area contributed by atoms with E-state index >= 15 is 0 Å². The van der Waals surface area contributed by atoms with Gasteiger partial charge in [0.15, 0.2) is 0 Å². The van der Waals surface area contributed by atoms with E-state index in [4.69, 9.17) is 0 Å². The highest BCUT2D eigenvalue weighted by molar-refractivity contribution is 5.74. The molecule has 0 saturated heterocycles. The Morgan fingerprint density at radius 1 is 1.24 bits per heavy atom. The third kappa shape index (κ3) is 3.23. The molecule has 6 nitrogen and oxygen atoms in total. The van der Waals surface area contributed by atoms with Crippen molar-refractivity contribution in [1.29, 1.82) is 0 Å². The minimum atomic E-state index is -0.240. The van der Waals surface area contributed by atoms with Crippen LogP contribution in [0.2, 0.25) is 0 Å². The second kappa shape index (κ2) is 6.46. The van der Waals surface area contributed by atoms with E-state index in [1.54, 1.807) is 6.07 Å². The van der Waals surface area contributed by atoms with E-state index in [1.165, 1.54) is 6.07 Å². The molecule has 7 heteroatoms. The minimum Gasteiger partial charge on any atom is -0.338 e. The van der Waals surface area contributed by atoms with E-state index in [0.717, 1.165) is 43.9 Å². The lowest BCUT2D eigenvalue weighted by atomic mass is 9.95. The normalized spacial score (nSPS) is 17.2. The zero-order valence-electron chi connectivity index (χ0n) is 14.1. The van der Waals surface area contributed by atoms with Crippen molar-refractivity contribution in [2.24, 2.45) is 0 Å². The summed E-state index contributed by atoms with van der Waals surface area (Å²) in [5, 5.41) is 14.1. The van der Waals surface area contributed by atoms with Gasteiger partial charge in [0.1, 0.15) is 17.5 Å². The van der Waals surface area contributed by atoms with Crippen LogP contribution >= 0.6 is 0 Å². The summed E-state index contributed by atoms with van der Waals surface area (Å²) in [5.41, 5.74) is 0.464. The summed E-state index contributed by atoms with van der Waals surface area (Å²) in [4.78, 5) is 12.0. The van der Waals surface area contributed by atoms with Crippen molar-refractivity contribution in [3.8, 4) is 0 Å². The van der Waals surface area contributed by atoms with Crippen molar-refractivity contribution in [2.75, 3.05) is 13.1 Å². The van der Waals surface area contributed by atoms with Gasteiger partial charge in [-0.15, -0.1) is 10.2 Å². The molecule has 2 aromatic rings. The van der Waals surface area contributed by atoms with Crippen molar-refractivity contribution in [3.05, 3.63) is 47.3 Å². The van der Waals surface area contributed by atoms with Crippen LogP contribution in [0.3, 0.4) is 0 Å². The third-order valence-electron chi connectivity index (χ3n) is 5.21. The second-order valence-electron chi connectivity index (χ2n) is 6.91. The first kappa shape index (κ1) is 16.1. The van der Waals surface area contributed by atoms with Crippen molar-refractivity contribution < 1.29 is 9.18 Å².